The van der Waals surface area contributed by atoms with Gasteiger partial charge in [0.1, 0.15) is 5.82 Å². The van der Waals surface area contributed by atoms with Crippen LogP contribution in [0, 0.1) is 6.92 Å². The van der Waals surface area contributed by atoms with Crippen LogP contribution < -0.4 is 4.90 Å². The van der Waals surface area contributed by atoms with Crippen molar-refractivity contribution in [2.24, 2.45) is 0 Å². The van der Waals surface area contributed by atoms with E-state index in [2.05, 4.69) is 9.97 Å². The lowest BCUT2D eigenvalue weighted by atomic mass is 9.85. The molecule has 3 aromatic rings. The van der Waals surface area contributed by atoms with Gasteiger partial charge in [0.2, 0.25) is 5.91 Å². The molecule has 6 nitrogen and oxygen atoms in total. The molecule has 0 bridgehead atoms. The van der Waals surface area contributed by atoms with E-state index in [1.807, 2.05) is 57.2 Å². The summed E-state index contributed by atoms with van der Waals surface area (Å²) in [7, 11) is 1.79. The van der Waals surface area contributed by atoms with Crippen LogP contribution in [0.5, 0.6) is 0 Å². The normalized spacial score (nSPS) is 16.8. The van der Waals surface area contributed by atoms with E-state index in [1.165, 1.54) is 0 Å². The van der Waals surface area contributed by atoms with Crippen molar-refractivity contribution in [2.75, 3.05) is 11.9 Å². The van der Waals surface area contributed by atoms with Gasteiger partial charge < -0.3 is 4.90 Å². The number of aryl methyl sites for hydroxylation is 1. The van der Waals surface area contributed by atoms with Crippen molar-refractivity contribution in [1.82, 2.24) is 14.9 Å². The molecule has 1 aromatic heterocycles. The topological polar surface area (TPSA) is 66.4 Å². The van der Waals surface area contributed by atoms with Crippen LogP contribution in [0.15, 0.2) is 48.8 Å². The van der Waals surface area contributed by atoms with Crippen LogP contribution in [-0.2, 0) is 16.8 Å². The number of carbonyl (C=O) groups excluding carboxylic acids is 2. The molecular weight excluding hydrogens is 376 g/mol. The summed E-state index contributed by atoms with van der Waals surface area (Å²) < 4.78 is 0. The van der Waals surface area contributed by atoms with Crippen molar-refractivity contribution in [3.63, 3.8) is 0 Å². The lowest BCUT2D eigenvalue weighted by Crippen LogP contribution is -2.33. The van der Waals surface area contributed by atoms with Gasteiger partial charge in [-0.25, -0.2) is 9.97 Å². The number of carbonyl (C=O) groups is 2. The second kappa shape index (κ2) is 6.23. The zero-order valence-electron chi connectivity index (χ0n) is 17.4. The average Bonchev–Trinajstić information content (AvgIpc) is 3.12. The first-order valence-corrected chi connectivity index (χ1v) is 9.94. The molecule has 3 heterocycles. The van der Waals surface area contributed by atoms with E-state index in [4.69, 9.17) is 0 Å². The Labute approximate surface area is 175 Å². The highest BCUT2D eigenvalue weighted by Gasteiger charge is 2.45. The van der Waals surface area contributed by atoms with Gasteiger partial charge in [-0.15, -0.1) is 0 Å². The molecule has 0 saturated heterocycles. The molecular formula is C24H22N4O2. The number of amides is 2. The summed E-state index contributed by atoms with van der Waals surface area (Å²) >= 11 is 0. The molecule has 0 spiro atoms. The highest BCUT2D eigenvalue weighted by atomic mass is 16.2. The van der Waals surface area contributed by atoms with E-state index in [0.717, 1.165) is 27.9 Å². The quantitative estimate of drug-likeness (QED) is 0.655. The average molecular weight is 398 g/mol. The predicted octanol–water partition coefficient (Wildman–Crippen LogP) is 3.99. The third kappa shape index (κ3) is 2.56. The summed E-state index contributed by atoms with van der Waals surface area (Å²) in [6, 6.07) is 11.7. The van der Waals surface area contributed by atoms with Gasteiger partial charge >= 0.3 is 0 Å². The Hall–Kier alpha value is -3.54. The number of nitrogens with zero attached hydrogens (tertiary/aromatic N) is 4. The van der Waals surface area contributed by atoms with Crippen LogP contribution in [-0.4, -0.2) is 33.7 Å². The SMILES string of the molecule is Cc1ncc(-c2ccc3c(c2)N(c2ccc4c(c2)C(=O)N(C)C4)C(=O)C3(C)C)cn1. The molecule has 30 heavy (non-hydrogen) atoms. The van der Waals surface area contributed by atoms with E-state index in [-0.39, 0.29) is 11.8 Å². The molecule has 2 amide bonds. The van der Waals surface area contributed by atoms with Gasteiger partial charge in [-0.1, -0.05) is 18.2 Å². The zero-order valence-corrected chi connectivity index (χ0v) is 17.4. The Morgan fingerprint density at radius 2 is 1.70 bits per heavy atom. The number of fused-ring (bicyclic) bond motifs is 2. The molecule has 0 fully saturated rings. The summed E-state index contributed by atoms with van der Waals surface area (Å²) in [5.74, 6) is 0.697. The van der Waals surface area contributed by atoms with E-state index in [1.54, 1.807) is 29.2 Å². The molecule has 6 heteroatoms. The molecule has 2 aliphatic heterocycles. The van der Waals surface area contributed by atoms with Crippen LogP contribution in [0.25, 0.3) is 11.1 Å². The molecule has 2 aliphatic rings. The van der Waals surface area contributed by atoms with Crippen molar-refractivity contribution in [2.45, 2.75) is 32.7 Å². The number of hydrogen-bond donors (Lipinski definition) is 0. The minimum absolute atomic E-state index is 0.00597. The maximum atomic E-state index is 13.4. The van der Waals surface area contributed by atoms with E-state index >= 15 is 0 Å². The smallest absolute Gasteiger partial charge is 0.254 e. The molecule has 2 aromatic carbocycles. The molecule has 5 rings (SSSR count). The standard InChI is InChI=1S/C24H22N4O2/c1-14-25-11-17(12-26-14)15-6-8-20-21(9-15)28(23(30)24(20,2)3)18-7-5-16-13-27(4)22(29)19(16)10-18/h5-12H,13H2,1-4H3. The molecule has 0 saturated carbocycles. The molecule has 0 radical (unpaired) electrons. The highest BCUT2D eigenvalue weighted by Crippen LogP contribution is 2.47. The first-order chi connectivity index (χ1) is 14.3. The Bertz CT molecular complexity index is 1210. The zero-order chi connectivity index (χ0) is 21.2. The van der Waals surface area contributed by atoms with E-state index < -0.39 is 5.41 Å². The molecule has 0 N–H and O–H groups in total. The summed E-state index contributed by atoms with van der Waals surface area (Å²) in [6.45, 7) is 6.33. The lowest BCUT2D eigenvalue weighted by molar-refractivity contribution is -0.121. The third-order valence-corrected chi connectivity index (χ3v) is 6.10. The van der Waals surface area contributed by atoms with Crippen LogP contribution >= 0.6 is 0 Å². The summed E-state index contributed by atoms with van der Waals surface area (Å²) in [5, 5.41) is 0. The monoisotopic (exact) mass is 398 g/mol. The van der Waals surface area contributed by atoms with E-state index in [9.17, 15) is 9.59 Å². The first-order valence-electron chi connectivity index (χ1n) is 9.94. The highest BCUT2D eigenvalue weighted by molar-refractivity contribution is 6.13. The summed E-state index contributed by atoms with van der Waals surface area (Å²) in [4.78, 5) is 37.9. The van der Waals surface area contributed by atoms with Crippen molar-refractivity contribution < 1.29 is 9.59 Å². The Morgan fingerprint density at radius 1 is 0.967 bits per heavy atom. The predicted molar refractivity (Wildman–Crippen MR) is 115 cm³/mol. The molecule has 0 aliphatic carbocycles. The van der Waals surface area contributed by atoms with Gasteiger partial charge in [0, 0.05) is 42.8 Å². The van der Waals surface area contributed by atoms with Gasteiger partial charge in [0.05, 0.1) is 11.1 Å². The molecule has 0 unspecified atom stereocenters. The molecule has 0 atom stereocenters. The van der Waals surface area contributed by atoms with Gasteiger partial charge in [-0.2, -0.15) is 0 Å². The van der Waals surface area contributed by atoms with Crippen molar-refractivity contribution in [3.8, 4) is 11.1 Å². The van der Waals surface area contributed by atoms with Crippen molar-refractivity contribution >= 4 is 23.2 Å². The summed E-state index contributed by atoms with van der Waals surface area (Å²) in [6.07, 6.45) is 3.58. The number of rotatable bonds is 2. The maximum absolute atomic E-state index is 13.4. The second-order valence-corrected chi connectivity index (χ2v) is 8.52. The second-order valence-electron chi connectivity index (χ2n) is 8.52. The Kier molecular flexibility index (Phi) is 3.84. The fourth-order valence-electron chi connectivity index (χ4n) is 4.30. The minimum atomic E-state index is -0.655. The van der Waals surface area contributed by atoms with Crippen molar-refractivity contribution in [1.29, 1.82) is 0 Å². The number of aromatic nitrogens is 2. The first kappa shape index (κ1) is 18.5. The largest absolute Gasteiger partial charge is 0.337 e. The van der Waals surface area contributed by atoms with Crippen LogP contribution in [0.4, 0.5) is 11.4 Å². The Morgan fingerprint density at radius 3 is 2.43 bits per heavy atom. The minimum Gasteiger partial charge on any atom is -0.337 e. The fourth-order valence-corrected chi connectivity index (χ4v) is 4.30. The van der Waals surface area contributed by atoms with E-state index in [0.29, 0.717) is 23.6 Å². The van der Waals surface area contributed by atoms with Gasteiger partial charge in [0.25, 0.3) is 5.91 Å². The van der Waals surface area contributed by atoms with Crippen LogP contribution in [0.1, 0.15) is 41.2 Å². The third-order valence-electron chi connectivity index (χ3n) is 6.10. The van der Waals surface area contributed by atoms with Gasteiger partial charge in [-0.05, 0) is 55.7 Å². The Balaban J connectivity index is 1.65. The number of hydrogen-bond acceptors (Lipinski definition) is 4. The number of benzene rings is 2. The van der Waals surface area contributed by atoms with Crippen molar-refractivity contribution in [3.05, 3.63) is 71.3 Å². The van der Waals surface area contributed by atoms with Crippen LogP contribution in [0.2, 0.25) is 0 Å². The van der Waals surface area contributed by atoms with Gasteiger partial charge in [0.15, 0.2) is 0 Å². The summed E-state index contributed by atoms with van der Waals surface area (Å²) in [5.41, 5.74) is 5.35. The van der Waals surface area contributed by atoms with Gasteiger partial charge in [-0.3, -0.25) is 14.5 Å². The number of anilines is 2. The molecule has 150 valence electrons. The maximum Gasteiger partial charge on any atom is 0.254 e. The fraction of sp³-hybridized carbons (Fsp3) is 0.250. The van der Waals surface area contributed by atoms with Crippen LogP contribution in [0.3, 0.4) is 0 Å². The lowest BCUT2D eigenvalue weighted by Gasteiger charge is -2.21.